The topological polar surface area (TPSA) is 48.1 Å². The van der Waals surface area contributed by atoms with E-state index in [9.17, 15) is 13.2 Å². The zero-order valence-corrected chi connectivity index (χ0v) is 12.2. The standard InChI is InChI=1S/C15H14ClF3N2O/c16-11-5-4-10(15(17,18)19)9-14(11)22-13(6-7-20)12-3-1-2-8-21-12/h1-5,8-9,13H,6-7,20H2/t13-/m1/s1. The van der Waals surface area contributed by atoms with E-state index < -0.39 is 17.8 Å². The predicted octanol–water partition coefficient (Wildman–Crippen LogP) is 4.22. The molecule has 1 atom stereocenters. The second kappa shape index (κ2) is 6.98. The van der Waals surface area contributed by atoms with Crippen LogP contribution in [0.1, 0.15) is 23.8 Å². The molecule has 0 radical (unpaired) electrons. The van der Waals surface area contributed by atoms with Crippen LogP contribution in [0.2, 0.25) is 5.02 Å². The Balaban J connectivity index is 2.30. The average molecular weight is 331 g/mol. The minimum absolute atomic E-state index is 0.0411. The van der Waals surface area contributed by atoms with Crippen LogP contribution in [-0.4, -0.2) is 11.5 Å². The first-order chi connectivity index (χ1) is 10.4. The van der Waals surface area contributed by atoms with E-state index >= 15 is 0 Å². The molecule has 0 bridgehead atoms. The van der Waals surface area contributed by atoms with Gasteiger partial charge in [0.05, 0.1) is 16.3 Å². The van der Waals surface area contributed by atoms with Gasteiger partial charge in [0.2, 0.25) is 0 Å². The van der Waals surface area contributed by atoms with E-state index in [1.54, 1.807) is 24.4 Å². The summed E-state index contributed by atoms with van der Waals surface area (Å²) in [4.78, 5) is 4.15. The highest BCUT2D eigenvalue weighted by Gasteiger charge is 2.31. The van der Waals surface area contributed by atoms with Crippen molar-refractivity contribution < 1.29 is 17.9 Å². The summed E-state index contributed by atoms with van der Waals surface area (Å²) in [5.41, 5.74) is 5.30. The van der Waals surface area contributed by atoms with Gasteiger partial charge in [-0.2, -0.15) is 13.2 Å². The lowest BCUT2D eigenvalue weighted by atomic mass is 10.1. The van der Waals surface area contributed by atoms with E-state index in [0.717, 1.165) is 18.2 Å². The minimum atomic E-state index is -4.46. The number of rotatable bonds is 5. The second-order valence-electron chi connectivity index (χ2n) is 4.58. The molecular weight excluding hydrogens is 317 g/mol. The van der Waals surface area contributed by atoms with Gasteiger partial charge in [-0.3, -0.25) is 4.98 Å². The molecule has 0 unspecified atom stereocenters. The third-order valence-electron chi connectivity index (χ3n) is 2.97. The zero-order chi connectivity index (χ0) is 16.2. The van der Waals surface area contributed by atoms with Crippen molar-refractivity contribution in [3.05, 3.63) is 58.9 Å². The summed E-state index contributed by atoms with van der Waals surface area (Å²) < 4.78 is 44.0. The molecule has 7 heteroatoms. The summed E-state index contributed by atoms with van der Waals surface area (Å²) in [7, 11) is 0. The molecule has 0 aliphatic carbocycles. The Kier molecular flexibility index (Phi) is 5.26. The number of halogens is 4. The van der Waals surface area contributed by atoms with Gasteiger partial charge in [-0.25, -0.2) is 0 Å². The molecule has 1 heterocycles. The molecule has 0 spiro atoms. The molecule has 0 aliphatic heterocycles. The molecule has 3 nitrogen and oxygen atoms in total. The van der Waals surface area contributed by atoms with Crippen LogP contribution in [0.15, 0.2) is 42.6 Å². The first-order valence-electron chi connectivity index (χ1n) is 6.56. The average Bonchev–Trinajstić information content (AvgIpc) is 2.48. The largest absolute Gasteiger partial charge is 0.482 e. The number of aromatic nitrogens is 1. The predicted molar refractivity (Wildman–Crippen MR) is 77.7 cm³/mol. The summed E-state index contributed by atoms with van der Waals surface area (Å²) in [6.45, 7) is 0.303. The van der Waals surface area contributed by atoms with E-state index in [4.69, 9.17) is 22.1 Å². The van der Waals surface area contributed by atoms with Crippen molar-refractivity contribution >= 4 is 11.6 Å². The Morgan fingerprint density at radius 1 is 1.23 bits per heavy atom. The third kappa shape index (κ3) is 4.11. The summed E-state index contributed by atoms with van der Waals surface area (Å²) in [5, 5.41) is 0.103. The van der Waals surface area contributed by atoms with Crippen molar-refractivity contribution in [3.8, 4) is 5.75 Å². The van der Waals surface area contributed by atoms with Crippen LogP contribution in [0.3, 0.4) is 0 Å². The lowest BCUT2D eigenvalue weighted by Crippen LogP contribution is -2.15. The van der Waals surface area contributed by atoms with Crippen molar-refractivity contribution in [2.45, 2.75) is 18.7 Å². The lowest BCUT2D eigenvalue weighted by Gasteiger charge is -2.19. The number of ether oxygens (including phenoxy) is 1. The molecule has 0 amide bonds. The number of nitrogens with two attached hydrogens (primary N) is 1. The molecular formula is C15H14ClF3N2O. The highest BCUT2D eigenvalue weighted by molar-refractivity contribution is 6.32. The molecule has 1 aromatic carbocycles. The molecule has 2 rings (SSSR count). The monoisotopic (exact) mass is 330 g/mol. The maximum Gasteiger partial charge on any atom is 0.416 e. The number of benzene rings is 1. The fourth-order valence-corrected chi connectivity index (χ4v) is 2.07. The molecule has 0 saturated heterocycles. The minimum Gasteiger partial charge on any atom is -0.482 e. The van der Waals surface area contributed by atoms with Crippen LogP contribution in [0, 0.1) is 0 Å². The van der Waals surface area contributed by atoms with E-state index in [0.29, 0.717) is 18.7 Å². The summed E-state index contributed by atoms with van der Waals surface area (Å²) in [6.07, 6.45) is -3.04. The zero-order valence-electron chi connectivity index (χ0n) is 11.5. The summed E-state index contributed by atoms with van der Waals surface area (Å²) in [5.74, 6) is -0.0411. The first-order valence-corrected chi connectivity index (χ1v) is 6.94. The highest BCUT2D eigenvalue weighted by Crippen LogP contribution is 2.36. The SMILES string of the molecule is NCC[C@@H](Oc1cc(C(F)(F)F)ccc1Cl)c1ccccn1. The van der Waals surface area contributed by atoms with E-state index in [1.165, 1.54) is 0 Å². The highest BCUT2D eigenvalue weighted by atomic mass is 35.5. The van der Waals surface area contributed by atoms with Crippen LogP contribution >= 0.6 is 11.6 Å². The Labute approximate surface area is 130 Å². The number of alkyl halides is 3. The van der Waals surface area contributed by atoms with Gasteiger partial charge in [0.25, 0.3) is 0 Å². The summed E-state index contributed by atoms with van der Waals surface area (Å²) >= 11 is 5.93. The van der Waals surface area contributed by atoms with Gasteiger partial charge in [-0.05, 0) is 36.9 Å². The van der Waals surface area contributed by atoms with Crippen molar-refractivity contribution in [3.63, 3.8) is 0 Å². The smallest absolute Gasteiger partial charge is 0.416 e. The van der Waals surface area contributed by atoms with Crippen molar-refractivity contribution in [1.29, 1.82) is 0 Å². The van der Waals surface area contributed by atoms with Gasteiger partial charge in [-0.15, -0.1) is 0 Å². The number of pyridine rings is 1. The molecule has 118 valence electrons. The fourth-order valence-electron chi connectivity index (χ4n) is 1.91. The van der Waals surface area contributed by atoms with Crippen LogP contribution in [0.4, 0.5) is 13.2 Å². The van der Waals surface area contributed by atoms with Gasteiger partial charge in [0, 0.05) is 12.6 Å². The molecule has 22 heavy (non-hydrogen) atoms. The first kappa shape index (κ1) is 16.6. The van der Waals surface area contributed by atoms with Gasteiger partial charge in [-0.1, -0.05) is 17.7 Å². The maximum absolute atomic E-state index is 12.8. The van der Waals surface area contributed by atoms with Crippen molar-refractivity contribution in [2.75, 3.05) is 6.54 Å². The van der Waals surface area contributed by atoms with Crippen LogP contribution in [0.25, 0.3) is 0 Å². The Morgan fingerprint density at radius 2 is 2.00 bits per heavy atom. The Hall–Kier alpha value is -1.79. The molecule has 0 fully saturated rings. The molecule has 0 saturated carbocycles. The van der Waals surface area contributed by atoms with Crippen LogP contribution in [-0.2, 0) is 6.18 Å². The third-order valence-corrected chi connectivity index (χ3v) is 3.29. The van der Waals surface area contributed by atoms with Gasteiger partial charge in [0.15, 0.2) is 0 Å². The molecule has 2 N–H and O–H groups in total. The van der Waals surface area contributed by atoms with Gasteiger partial charge >= 0.3 is 6.18 Å². The Bertz CT molecular complexity index is 620. The number of hydrogen-bond acceptors (Lipinski definition) is 3. The molecule has 2 aromatic rings. The van der Waals surface area contributed by atoms with Crippen LogP contribution in [0.5, 0.6) is 5.75 Å². The van der Waals surface area contributed by atoms with Crippen LogP contribution < -0.4 is 10.5 Å². The van der Waals surface area contributed by atoms with Crippen molar-refractivity contribution in [1.82, 2.24) is 4.98 Å². The van der Waals surface area contributed by atoms with E-state index in [1.807, 2.05) is 0 Å². The van der Waals surface area contributed by atoms with E-state index in [-0.39, 0.29) is 10.8 Å². The second-order valence-corrected chi connectivity index (χ2v) is 4.99. The fraction of sp³-hybridized carbons (Fsp3) is 0.267. The number of hydrogen-bond donors (Lipinski definition) is 1. The maximum atomic E-state index is 12.8. The molecule has 0 aliphatic rings. The summed E-state index contributed by atoms with van der Waals surface area (Å²) in [6, 6.07) is 8.19. The number of nitrogens with zero attached hydrogens (tertiary/aromatic N) is 1. The molecule has 1 aromatic heterocycles. The normalized spacial score (nSPS) is 13.0. The van der Waals surface area contributed by atoms with Gasteiger partial charge in [0.1, 0.15) is 11.9 Å². The Morgan fingerprint density at radius 3 is 2.59 bits per heavy atom. The quantitative estimate of drug-likeness (QED) is 0.892. The van der Waals surface area contributed by atoms with E-state index in [2.05, 4.69) is 4.98 Å². The van der Waals surface area contributed by atoms with Gasteiger partial charge < -0.3 is 10.5 Å². The van der Waals surface area contributed by atoms with Crippen molar-refractivity contribution in [2.24, 2.45) is 5.73 Å². The lowest BCUT2D eigenvalue weighted by molar-refractivity contribution is -0.137.